The van der Waals surface area contributed by atoms with Gasteiger partial charge in [0.05, 0.1) is 25.0 Å². The van der Waals surface area contributed by atoms with E-state index in [4.69, 9.17) is 10.5 Å². The molecule has 4 rings (SSSR count). The lowest BCUT2D eigenvalue weighted by molar-refractivity contribution is -0.134. The fraction of sp³-hybridized carbons (Fsp3) is 0.818. The number of morpholine rings is 1. The summed E-state index contributed by atoms with van der Waals surface area (Å²) in [4.78, 5) is 21.0. The molecule has 8 heteroatoms. The number of nitrogen functional groups attached to an aromatic ring is 1. The lowest BCUT2D eigenvalue weighted by Gasteiger charge is -2.53. The minimum atomic E-state index is -0.505. The van der Waals surface area contributed by atoms with E-state index in [0.717, 1.165) is 57.8 Å². The van der Waals surface area contributed by atoms with Crippen molar-refractivity contribution >= 4 is 22.4 Å². The predicted molar refractivity (Wildman–Crippen MR) is 118 cm³/mol. The van der Waals surface area contributed by atoms with Crippen LogP contribution in [0.3, 0.4) is 0 Å². The summed E-state index contributed by atoms with van der Waals surface area (Å²) in [6.45, 7) is 11.3. The topological polar surface area (TPSA) is 101 Å². The Kier molecular flexibility index (Phi) is 6.40. The number of aliphatic hydroxyl groups excluding tert-OH is 1. The van der Waals surface area contributed by atoms with Crippen molar-refractivity contribution in [1.29, 1.82) is 0 Å². The number of carbonyl (C=O) groups excluding carboxylic acids is 1. The van der Waals surface area contributed by atoms with Crippen LogP contribution < -0.4 is 11.1 Å². The van der Waals surface area contributed by atoms with E-state index in [9.17, 15) is 9.90 Å². The molecule has 2 aliphatic carbocycles. The number of thiazole rings is 1. The first-order chi connectivity index (χ1) is 14.3. The summed E-state index contributed by atoms with van der Waals surface area (Å²) < 4.78 is 5.37. The number of aliphatic hydroxyl groups is 1. The standard InChI is InChI=1S/C22H36N4O3S/c1-13(20(28)24-6-7-26-8-10-29-11-9-26)15-4-5-22(3)12-16-18(25-21(23)30-16)14(2)17(22)19(15)27/h13-15,17,19,27H,4-12H2,1-3H3,(H2,23,25)(H,24,28)/t13-,14-,15+,17+,19-,22-/m0/s1. The summed E-state index contributed by atoms with van der Waals surface area (Å²) >= 11 is 1.59. The summed E-state index contributed by atoms with van der Waals surface area (Å²) in [5.74, 6) is 0.0864. The van der Waals surface area contributed by atoms with Gasteiger partial charge in [0.15, 0.2) is 5.13 Å². The fourth-order valence-corrected chi connectivity index (χ4v) is 7.22. The average molecular weight is 437 g/mol. The number of rotatable bonds is 5. The maximum absolute atomic E-state index is 12.9. The van der Waals surface area contributed by atoms with E-state index < -0.39 is 6.10 Å². The van der Waals surface area contributed by atoms with Gasteiger partial charge in [0.2, 0.25) is 5.91 Å². The number of aromatic nitrogens is 1. The third kappa shape index (κ3) is 4.11. The average Bonchev–Trinajstić information content (AvgIpc) is 3.08. The highest BCUT2D eigenvalue weighted by Crippen LogP contribution is 2.57. The van der Waals surface area contributed by atoms with Gasteiger partial charge in [0.1, 0.15) is 0 Å². The van der Waals surface area contributed by atoms with Crippen LogP contribution in [0.2, 0.25) is 0 Å². The van der Waals surface area contributed by atoms with Crippen LogP contribution in [0.4, 0.5) is 5.13 Å². The number of anilines is 1. The van der Waals surface area contributed by atoms with E-state index in [0.29, 0.717) is 11.7 Å². The second kappa shape index (κ2) is 8.73. The molecular formula is C22H36N4O3S. The molecule has 1 saturated heterocycles. The largest absolute Gasteiger partial charge is 0.392 e. The molecule has 0 bridgehead atoms. The van der Waals surface area contributed by atoms with Crippen molar-refractivity contribution in [1.82, 2.24) is 15.2 Å². The van der Waals surface area contributed by atoms with E-state index in [1.807, 2.05) is 6.92 Å². The third-order valence-corrected chi connectivity index (χ3v) is 8.73. The Morgan fingerprint density at radius 1 is 1.47 bits per heavy atom. The van der Waals surface area contributed by atoms with Crippen LogP contribution in [-0.2, 0) is 16.0 Å². The van der Waals surface area contributed by atoms with Gasteiger partial charge in [-0.1, -0.05) is 20.8 Å². The number of amides is 1. The van der Waals surface area contributed by atoms with Crippen molar-refractivity contribution < 1.29 is 14.6 Å². The quantitative estimate of drug-likeness (QED) is 0.651. The van der Waals surface area contributed by atoms with Crippen LogP contribution in [0.5, 0.6) is 0 Å². The molecule has 0 spiro atoms. The number of nitrogens with zero attached hydrogens (tertiary/aromatic N) is 2. The zero-order valence-corrected chi connectivity index (χ0v) is 19.2. The highest BCUT2D eigenvalue weighted by molar-refractivity contribution is 7.15. The lowest BCUT2D eigenvalue weighted by atomic mass is 9.53. The monoisotopic (exact) mass is 436 g/mol. The molecule has 0 aromatic carbocycles. The van der Waals surface area contributed by atoms with Gasteiger partial charge in [0, 0.05) is 42.9 Å². The lowest BCUT2D eigenvalue weighted by Crippen LogP contribution is -2.53. The summed E-state index contributed by atoms with van der Waals surface area (Å²) in [6, 6.07) is 0. The van der Waals surface area contributed by atoms with Gasteiger partial charge < -0.3 is 20.9 Å². The molecule has 1 aromatic heterocycles. The molecule has 6 atom stereocenters. The first-order valence-corrected chi connectivity index (χ1v) is 12.1. The molecule has 3 aliphatic rings. The molecule has 30 heavy (non-hydrogen) atoms. The molecule has 1 amide bonds. The van der Waals surface area contributed by atoms with Crippen LogP contribution in [-0.4, -0.2) is 66.4 Å². The second-order valence-electron chi connectivity index (χ2n) is 9.73. The number of hydrogen-bond acceptors (Lipinski definition) is 7. The number of nitrogens with one attached hydrogen (secondary N) is 1. The van der Waals surface area contributed by atoms with Gasteiger partial charge in [-0.05, 0) is 36.5 Å². The third-order valence-electron chi connectivity index (χ3n) is 7.83. The smallest absolute Gasteiger partial charge is 0.223 e. The Balaban J connectivity index is 1.39. The number of hydrogen-bond donors (Lipinski definition) is 3. The summed E-state index contributed by atoms with van der Waals surface area (Å²) in [7, 11) is 0. The van der Waals surface area contributed by atoms with Gasteiger partial charge in [-0.25, -0.2) is 4.98 Å². The first kappa shape index (κ1) is 22.0. The van der Waals surface area contributed by atoms with Crippen molar-refractivity contribution in [3.05, 3.63) is 10.6 Å². The van der Waals surface area contributed by atoms with Crippen LogP contribution >= 0.6 is 11.3 Å². The van der Waals surface area contributed by atoms with Crippen molar-refractivity contribution in [3.63, 3.8) is 0 Å². The molecule has 2 fully saturated rings. The Labute approximate surface area is 183 Å². The zero-order valence-electron chi connectivity index (χ0n) is 18.4. The van der Waals surface area contributed by atoms with Crippen LogP contribution in [0, 0.1) is 23.2 Å². The predicted octanol–water partition coefficient (Wildman–Crippen LogP) is 1.86. The number of ether oxygens (including phenoxy) is 1. The van der Waals surface area contributed by atoms with Crippen molar-refractivity contribution in [3.8, 4) is 0 Å². The van der Waals surface area contributed by atoms with E-state index in [1.165, 1.54) is 4.88 Å². The first-order valence-electron chi connectivity index (χ1n) is 11.3. The SMILES string of the molecule is C[C@H](C(=O)NCCN1CCOCC1)[C@H]1CC[C@@]2(C)Cc3sc(N)nc3[C@@H](C)[C@@H]2[C@H]1O. The molecule has 1 aliphatic heterocycles. The Bertz CT molecular complexity index is 766. The Morgan fingerprint density at radius 2 is 2.20 bits per heavy atom. The van der Waals surface area contributed by atoms with E-state index >= 15 is 0 Å². The molecule has 168 valence electrons. The minimum Gasteiger partial charge on any atom is -0.392 e. The van der Waals surface area contributed by atoms with Gasteiger partial charge in [-0.15, -0.1) is 11.3 Å². The normalized spacial score (nSPS) is 35.3. The second-order valence-corrected chi connectivity index (χ2v) is 10.8. The van der Waals surface area contributed by atoms with Gasteiger partial charge in [-0.3, -0.25) is 9.69 Å². The highest BCUT2D eigenvalue weighted by Gasteiger charge is 2.53. The Hall–Kier alpha value is -1.22. The van der Waals surface area contributed by atoms with Gasteiger partial charge >= 0.3 is 0 Å². The highest BCUT2D eigenvalue weighted by atomic mass is 32.1. The summed E-state index contributed by atoms with van der Waals surface area (Å²) in [5, 5.41) is 15.1. The molecule has 4 N–H and O–H groups in total. The van der Waals surface area contributed by atoms with Crippen LogP contribution in [0.25, 0.3) is 0 Å². The molecule has 1 saturated carbocycles. The van der Waals surface area contributed by atoms with Crippen molar-refractivity contribution in [2.24, 2.45) is 23.2 Å². The van der Waals surface area contributed by atoms with Gasteiger partial charge in [-0.2, -0.15) is 0 Å². The summed E-state index contributed by atoms with van der Waals surface area (Å²) in [5.41, 5.74) is 7.08. The maximum atomic E-state index is 12.9. The van der Waals surface area contributed by atoms with E-state index in [-0.39, 0.29) is 35.0 Å². The Morgan fingerprint density at radius 3 is 2.93 bits per heavy atom. The number of carbonyl (C=O) groups is 1. The minimum absolute atomic E-state index is 0.0218. The van der Waals surface area contributed by atoms with E-state index in [1.54, 1.807) is 11.3 Å². The van der Waals surface area contributed by atoms with Crippen molar-refractivity contribution in [2.45, 2.75) is 52.1 Å². The molecular weight excluding hydrogens is 400 g/mol. The number of nitrogens with two attached hydrogens (primary N) is 1. The molecule has 0 unspecified atom stereocenters. The zero-order chi connectivity index (χ0) is 21.5. The van der Waals surface area contributed by atoms with Crippen LogP contribution in [0.1, 0.15) is 50.1 Å². The molecule has 2 heterocycles. The maximum Gasteiger partial charge on any atom is 0.223 e. The van der Waals surface area contributed by atoms with E-state index in [2.05, 4.69) is 29.0 Å². The fourth-order valence-electron chi connectivity index (χ4n) is 6.08. The summed E-state index contributed by atoms with van der Waals surface area (Å²) in [6.07, 6.45) is 2.32. The van der Waals surface area contributed by atoms with Gasteiger partial charge in [0.25, 0.3) is 0 Å². The van der Waals surface area contributed by atoms with Crippen molar-refractivity contribution in [2.75, 3.05) is 45.1 Å². The molecule has 0 radical (unpaired) electrons. The van der Waals surface area contributed by atoms with Crippen LogP contribution in [0.15, 0.2) is 0 Å². The molecule has 7 nitrogen and oxygen atoms in total. The molecule has 1 aromatic rings. The number of fused-ring (bicyclic) bond motifs is 2.